The van der Waals surface area contributed by atoms with Crippen molar-refractivity contribution in [1.82, 2.24) is 0 Å². The highest BCUT2D eigenvalue weighted by Crippen LogP contribution is 2.59. The molecule has 1 aliphatic heterocycles. The highest BCUT2D eigenvalue weighted by Gasteiger charge is 2.47. The monoisotopic (exact) mass is 554 g/mol. The summed E-state index contributed by atoms with van der Waals surface area (Å²) in [5, 5.41) is 3.58. The number of hydrogen-bond acceptors (Lipinski definition) is 4. The molecule has 174 valence electrons. The molecule has 0 spiro atoms. The summed E-state index contributed by atoms with van der Waals surface area (Å²) in [7, 11) is -5.82. The Bertz CT molecular complexity index is 1280. The van der Waals surface area contributed by atoms with Crippen molar-refractivity contribution in [2.75, 3.05) is 13.0 Å². The van der Waals surface area contributed by atoms with E-state index in [0.29, 0.717) is 17.7 Å². The Balaban J connectivity index is 0.00000274. The van der Waals surface area contributed by atoms with Crippen molar-refractivity contribution in [2.24, 2.45) is 0 Å². The number of rotatable bonds is 6. The van der Waals surface area contributed by atoms with Crippen LogP contribution < -0.4 is 42.4 Å². The first kappa shape index (κ1) is 24.5. The smallest absolute Gasteiger partial charge is 0.231 e. The van der Waals surface area contributed by atoms with Gasteiger partial charge < -0.3 is 26.5 Å². The number of ether oxygens (including phenoxy) is 2. The molecule has 1 heterocycles. The average Bonchev–Trinajstić information content (AvgIpc) is 3.32. The predicted molar refractivity (Wildman–Crippen MR) is 135 cm³/mol. The fourth-order valence-corrected chi connectivity index (χ4v) is 10.0. The minimum atomic E-state index is -3.56. The van der Waals surface area contributed by atoms with Crippen molar-refractivity contribution in [3.8, 4) is 11.5 Å². The highest BCUT2D eigenvalue weighted by atomic mass is 79.9. The molecule has 0 unspecified atom stereocenters. The van der Waals surface area contributed by atoms with Gasteiger partial charge in [0.25, 0.3) is 0 Å². The third-order valence-corrected chi connectivity index (χ3v) is 11.5. The Morgan fingerprint density at radius 3 is 1.62 bits per heavy atom. The van der Waals surface area contributed by atoms with Gasteiger partial charge in [0.1, 0.15) is 28.1 Å². The van der Waals surface area contributed by atoms with Crippen LogP contribution in [0.3, 0.4) is 0 Å². The van der Waals surface area contributed by atoms with E-state index in [9.17, 15) is 8.42 Å². The number of sulfone groups is 1. The van der Waals surface area contributed by atoms with Crippen LogP contribution in [-0.2, 0) is 16.0 Å². The molecule has 4 aromatic carbocycles. The van der Waals surface area contributed by atoms with Crippen molar-refractivity contribution in [1.29, 1.82) is 0 Å². The van der Waals surface area contributed by atoms with Crippen molar-refractivity contribution < 1.29 is 34.9 Å². The first-order valence-corrected chi connectivity index (χ1v) is 14.5. The maximum absolute atomic E-state index is 13.0. The normalized spacial score (nSPS) is 12.7. The lowest BCUT2D eigenvalue weighted by molar-refractivity contribution is -0.0000107. The van der Waals surface area contributed by atoms with E-state index in [1.54, 1.807) is 0 Å². The molecule has 0 fully saturated rings. The number of benzene rings is 4. The Labute approximate surface area is 211 Å². The zero-order valence-corrected chi connectivity index (χ0v) is 21.9. The van der Waals surface area contributed by atoms with Crippen LogP contribution in [-0.4, -0.2) is 21.5 Å². The van der Waals surface area contributed by atoms with Crippen molar-refractivity contribution in [2.45, 2.75) is 11.1 Å². The number of fused-ring (bicyclic) bond motifs is 1. The standard InChI is InChI=1S/C27H24O4PS.BrH/c1-33(28,29)27-21(17-18-25-26(27)31-20-30-25)19-32(22-11-5-2-6-12-22,23-13-7-3-8-14-23)24-15-9-4-10-16-24;/h2-18H,19-20H2,1H3;1H/q+1;/p-1. The third-order valence-electron chi connectivity index (χ3n) is 5.94. The molecule has 0 amide bonds. The van der Waals surface area contributed by atoms with E-state index in [1.807, 2.05) is 66.7 Å². The van der Waals surface area contributed by atoms with Gasteiger partial charge in [-0.05, 0) is 42.5 Å². The lowest BCUT2D eigenvalue weighted by Crippen LogP contribution is -3.00. The van der Waals surface area contributed by atoms with Crippen molar-refractivity contribution in [3.05, 3.63) is 109 Å². The molecule has 0 saturated carbocycles. The Kier molecular flexibility index (Phi) is 7.13. The highest BCUT2D eigenvalue weighted by molar-refractivity contribution is 7.95. The maximum Gasteiger partial charge on any atom is 0.231 e. The first-order chi connectivity index (χ1) is 16.0. The molecular weight excluding hydrogens is 531 g/mol. The van der Waals surface area contributed by atoms with Crippen molar-refractivity contribution in [3.63, 3.8) is 0 Å². The van der Waals surface area contributed by atoms with Crippen LogP contribution in [0.15, 0.2) is 108 Å². The van der Waals surface area contributed by atoms with Crippen LogP contribution in [0.5, 0.6) is 11.5 Å². The van der Waals surface area contributed by atoms with E-state index in [4.69, 9.17) is 9.47 Å². The van der Waals surface area contributed by atoms with Gasteiger partial charge in [0.05, 0.1) is 6.16 Å². The van der Waals surface area contributed by atoms with Gasteiger partial charge in [0.2, 0.25) is 6.79 Å². The second-order valence-electron chi connectivity index (χ2n) is 8.03. The Morgan fingerprint density at radius 2 is 1.18 bits per heavy atom. The van der Waals surface area contributed by atoms with Gasteiger partial charge in [-0.2, -0.15) is 0 Å². The van der Waals surface area contributed by atoms with Gasteiger partial charge in [-0.15, -0.1) is 0 Å². The average molecular weight is 555 g/mol. The van der Waals surface area contributed by atoms with Crippen LogP contribution in [0.2, 0.25) is 0 Å². The molecule has 0 aliphatic carbocycles. The minimum absolute atomic E-state index is 0. The molecule has 0 bridgehead atoms. The van der Waals surface area contributed by atoms with Crippen LogP contribution >= 0.6 is 7.26 Å². The molecule has 7 heteroatoms. The molecule has 4 nitrogen and oxygen atoms in total. The molecule has 5 rings (SSSR count). The van der Waals surface area contributed by atoms with E-state index < -0.39 is 17.1 Å². The van der Waals surface area contributed by atoms with Crippen LogP contribution in [0.4, 0.5) is 0 Å². The fraction of sp³-hybridized carbons (Fsp3) is 0.111. The van der Waals surface area contributed by atoms with Gasteiger partial charge >= 0.3 is 0 Å². The van der Waals surface area contributed by atoms with Gasteiger partial charge in [-0.3, -0.25) is 0 Å². The molecule has 0 atom stereocenters. The van der Waals surface area contributed by atoms with E-state index in [-0.39, 0.29) is 28.7 Å². The summed E-state index contributed by atoms with van der Waals surface area (Å²) in [6.45, 7) is 0.0254. The molecule has 0 N–H and O–H groups in total. The van der Waals surface area contributed by atoms with E-state index >= 15 is 0 Å². The molecular formula is C27H24BrO4PS. The summed E-state index contributed by atoms with van der Waals surface area (Å²) < 4.78 is 37.1. The van der Waals surface area contributed by atoms with Crippen LogP contribution in [0.25, 0.3) is 0 Å². The first-order valence-electron chi connectivity index (χ1n) is 10.7. The van der Waals surface area contributed by atoms with Crippen LogP contribution in [0, 0.1) is 0 Å². The lowest BCUT2D eigenvalue weighted by Gasteiger charge is -2.28. The van der Waals surface area contributed by atoms with E-state index in [1.165, 1.54) is 22.2 Å². The zero-order valence-electron chi connectivity index (χ0n) is 18.6. The van der Waals surface area contributed by atoms with Gasteiger partial charge in [-0.25, -0.2) is 8.42 Å². The second kappa shape index (κ2) is 9.91. The maximum atomic E-state index is 13.0. The quantitative estimate of drug-likeness (QED) is 0.337. The van der Waals surface area contributed by atoms with Crippen LogP contribution in [0.1, 0.15) is 5.56 Å². The number of hydrogen-bond donors (Lipinski definition) is 0. The topological polar surface area (TPSA) is 52.6 Å². The summed E-state index contributed by atoms with van der Waals surface area (Å²) in [5.41, 5.74) is 0.742. The predicted octanol–water partition coefficient (Wildman–Crippen LogP) is 1.32. The molecule has 0 saturated heterocycles. The molecule has 4 aromatic rings. The largest absolute Gasteiger partial charge is 1.00 e. The molecule has 0 radical (unpaired) electrons. The second-order valence-corrected chi connectivity index (χ2v) is 13.5. The third kappa shape index (κ3) is 4.38. The van der Waals surface area contributed by atoms with Gasteiger partial charge in [0, 0.05) is 11.8 Å². The summed E-state index contributed by atoms with van der Waals surface area (Å²) >= 11 is 0. The SMILES string of the molecule is CS(=O)(=O)c1c(C[P+](c2ccccc2)(c2ccccc2)c2ccccc2)ccc2c1OCO2.[Br-]. The van der Waals surface area contributed by atoms with E-state index in [2.05, 4.69) is 36.4 Å². The Morgan fingerprint density at radius 1 is 0.706 bits per heavy atom. The zero-order chi connectivity index (χ0) is 22.9. The minimum Gasteiger partial charge on any atom is -1.00 e. The van der Waals surface area contributed by atoms with Gasteiger partial charge in [-0.1, -0.05) is 60.7 Å². The summed E-state index contributed by atoms with van der Waals surface area (Å²) in [6, 6.07) is 34.9. The molecule has 1 aliphatic rings. The molecule has 34 heavy (non-hydrogen) atoms. The Hall–Kier alpha value is -2.66. The lowest BCUT2D eigenvalue weighted by atomic mass is 10.2. The molecule has 0 aromatic heterocycles. The fourth-order valence-electron chi connectivity index (χ4n) is 4.54. The summed E-state index contributed by atoms with van der Waals surface area (Å²) in [5.74, 6) is 0.796. The van der Waals surface area contributed by atoms with E-state index in [0.717, 1.165) is 5.56 Å². The number of halogens is 1. The van der Waals surface area contributed by atoms with Crippen molar-refractivity contribution >= 4 is 33.0 Å². The van der Waals surface area contributed by atoms with Gasteiger partial charge in [0.15, 0.2) is 21.3 Å². The summed E-state index contributed by atoms with van der Waals surface area (Å²) in [4.78, 5) is 0.227. The summed E-state index contributed by atoms with van der Waals surface area (Å²) in [6.07, 6.45) is 1.78.